The zero-order chi connectivity index (χ0) is 30.3. The van der Waals surface area contributed by atoms with Crippen molar-refractivity contribution in [3.63, 3.8) is 0 Å². The Hall–Kier alpha value is -2.82. The normalized spacial score (nSPS) is 12.1. The molecule has 238 valence electrons. The van der Waals surface area contributed by atoms with Gasteiger partial charge in [0.15, 0.2) is 6.54 Å². The van der Waals surface area contributed by atoms with Gasteiger partial charge < -0.3 is 5.21 Å². The highest BCUT2D eigenvalue weighted by Gasteiger charge is 1.99. The van der Waals surface area contributed by atoms with E-state index in [9.17, 15) is 5.21 Å². The van der Waals surface area contributed by atoms with Gasteiger partial charge in [0.2, 0.25) is 0 Å². The minimum Gasteiger partial charge on any atom is -0.600 e. The molecule has 0 N–H and O–H groups in total. The zero-order valence-electron chi connectivity index (χ0n) is 27.1. The van der Waals surface area contributed by atoms with Crippen molar-refractivity contribution in [2.24, 2.45) is 5.11 Å². The molecule has 0 spiro atoms. The van der Waals surface area contributed by atoms with E-state index in [0.29, 0.717) is 13.1 Å². The van der Waals surface area contributed by atoms with Crippen LogP contribution in [-0.4, -0.2) is 27.9 Å². The molecule has 2 aromatic rings. The Morgan fingerprint density at radius 3 is 1.56 bits per heavy atom. The summed E-state index contributed by atoms with van der Waals surface area (Å²) in [6.45, 7) is 1.25. The molecule has 0 saturated carbocycles. The number of nitrogens with zero attached hydrogens (tertiary/aromatic N) is 4. The Morgan fingerprint density at radius 2 is 1.00 bits per heavy atom. The molecule has 0 aliphatic rings. The summed E-state index contributed by atoms with van der Waals surface area (Å²) in [5.74, 6) is 0. The number of allylic oxidation sites excluding steroid dienone is 4. The van der Waals surface area contributed by atoms with Crippen LogP contribution in [0.1, 0.15) is 140 Å². The van der Waals surface area contributed by atoms with Crippen molar-refractivity contribution in [2.75, 3.05) is 13.1 Å². The maximum atomic E-state index is 11.9. The SMILES string of the molecule is [O-][N+](CCCCCCCCCCC=CCCc1cccnc1)=NCCCCCCCCC=CCCCCc1cccnc1. The molecular weight excluding hydrogens is 528 g/mol. The van der Waals surface area contributed by atoms with Crippen molar-refractivity contribution < 1.29 is 4.86 Å². The van der Waals surface area contributed by atoms with Crippen LogP contribution in [0.5, 0.6) is 0 Å². The largest absolute Gasteiger partial charge is 0.600 e. The quantitative estimate of drug-likeness (QED) is 0.0326. The molecule has 0 amide bonds. The minimum absolute atomic E-state index is 0.561. The molecule has 0 saturated heterocycles. The van der Waals surface area contributed by atoms with Crippen molar-refractivity contribution in [3.05, 3.63) is 89.7 Å². The lowest BCUT2D eigenvalue weighted by Crippen LogP contribution is -2.04. The fraction of sp³-hybridized carbons (Fsp3) is 0.632. The Balaban J connectivity index is 1.24. The lowest BCUT2D eigenvalue weighted by Gasteiger charge is -2.03. The van der Waals surface area contributed by atoms with Crippen LogP contribution in [0.3, 0.4) is 0 Å². The van der Waals surface area contributed by atoms with E-state index in [-0.39, 0.29) is 0 Å². The average Bonchev–Trinajstić information content (AvgIpc) is 3.04. The van der Waals surface area contributed by atoms with Gasteiger partial charge in [-0.3, -0.25) is 9.97 Å². The Morgan fingerprint density at radius 1 is 0.535 bits per heavy atom. The Labute approximate surface area is 263 Å². The third-order valence-corrected chi connectivity index (χ3v) is 7.97. The second-order valence-corrected chi connectivity index (χ2v) is 11.9. The van der Waals surface area contributed by atoms with Crippen molar-refractivity contribution in [3.8, 4) is 0 Å². The molecule has 0 aliphatic carbocycles. The van der Waals surface area contributed by atoms with E-state index in [2.05, 4.69) is 51.5 Å². The van der Waals surface area contributed by atoms with Crippen molar-refractivity contribution in [2.45, 2.75) is 141 Å². The van der Waals surface area contributed by atoms with Gasteiger partial charge in [0, 0.05) is 31.2 Å². The summed E-state index contributed by atoms with van der Waals surface area (Å²) in [6, 6.07) is 8.33. The molecule has 0 aromatic carbocycles. The first-order valence-corrected chi connectivity index (χ1v) is 17.5. The fourth-order valence-corrected chi connectivity index (χ4v) is 5.31. The molecule has 2 rings (SSSR count). The summed E-state index contributed by atoms with van der Waals surface area (Å²) in [5.41, 5.74) is 2.66. The molecule has 2 aromatic heterocycles. The summed E-state index contributed by atoms with van der Waals surface area (Å²) < 4.78 is 0. The monoisotopic (exact) mass is 588 g/mol. The minimum atomic E-state index is 0.561. The average molecular weight is 589 g/mol. The van der Waals surface area contributed by atoms with Crippen molar-refractivity contribution in [1.82, 2.24) is 9.97 Å². The highest BCUT2D eigenvalue weighted by Crippen LogP contribution is 2.12. The molecule has 0 unspecified atom stereocenters. The number of unbranched alkanes of at least 4 members (excludes halogenated alkanes) is 16. The third-order valence-electron chi connectivity index (χ3n) is 7.97. The van der Waals surface area contributed by atoms with Gasteiger partial charge in [0.1, 0.15) is 6.54 Å². The molecule has 0 atom stereocenters. The third kappa shape index (κ3) is 23.3. The Kier molecular flexibility index (Phi) is 23.7. The van der Waals surface area contributed by atoms with Crippen molar-refractivity contribution >= 4 is 0 Å². The van der Waals surface area contributed by atoms with Gasteiger partial charge in [0.05, 0.1) is 0 Å². The van der Waals surface area contributed by atoms with Crippen molar-refractivity contribution in [1.29, 1.82) is 0 Å². The van der Waals surface area contributed by atoms with Crippen LogP contribution >= 0.6 is 0 Å². The van der Waals surface area contributed by atoms with Gasteiger partial charge in [-0.15, -0.1) is 0 Å². The number of aromatic nitrogens is 2. The number of hydrogen-bond acceptors (Lipinski definition) is 4. The van der Waals surface area contributed by atoms with Gasteiger partial charge in [-0.05, 0) is 105 Å². The molecule has 43 heavy (non-hydrogen) atoms. The first-order chi connectivity index (χ1) is 21.3. The number of aryl methyl sites for hydroxylation is 2. The number of pyridine rings is 2. The second-order valence-electron chi connectivity index (χ2n) is 11.9. The molecule has 0 aliphatic heterocycles. The van der Waals surface area contributed by atoms with E-state index < -0.39 is 0 Å². The predicted molar refractivity (Wildman–Crippen MR) is 182 cm³/mol. The molecular formula is C38H60N4O. The fourth-order valence-electron chi connectivity index (χ4n) is 5.31. The van der Waals surface area contributed by atoms with E-state index in [0.717, 1.165) is 43.4 Å². The lowest BCUT2D eigenvalue weighted by atomic mass is 10.1. The van der Waals surface area contributed by atoms with E-state index in [1.165, 1.54) is 114 Å². The zero-order valence-corrected chi connectivity index (χ0v) is 27.1. The van der Waals surface area contributed by atoms with Crippen LogP contribution in [-0.2, 0) is 12.8 Å². The number of hydroxylamine groups is 1. The van der Waals surface area contributed by atoms with E-state index in [4.69, 9.17) is 0 Å². The summed E-state index contributed by atoms with van der Waals surface area (Å²) in [5, 5.41) is 16.1. The van der Waals surface area contributed by atoms with Crippen LogP contribution < -0.4 is 0 Å². The first kappa shape index (κ1) is 36.4. The van der Waals surface area contributed by atoms with Gasteiger partial charge in [-0.2, -0.15) is 0 Å². The van der Waals surface area contributed by atoms with Gasteiger partial charge >= 0.3 is 0 Å². The molecule has 5 heteroatoms. The highest BCUT2D eigenvalue weighted by atomic mass is 16.5. The van der Waals surface area contributed by atoms with Crippen LogP contribution in [0.15, 0.2) is 78.5 Å². The summed E-state index contributed by atoms with van der Waals surface area (Å²) in [6.07, 6.45) is 43.7. The highest BCUT2D eigenvalue weighted by molar-refractivity contribution is 5.09. The van der Waals surface area contributed by atoms with E-state index in [1.54, 1.807) is 0 Å². The van der Waals surface area contributed by atoms with Crippen LogP contribution in [0.25, 0.3) is 0 Å². The predicted octanol–water partition coefficient (Wildman–Crippen LogP) is 11.1. The second kappa shape index (κ2) is 28.0. The number of azo groups is 1. The molecule has 5 nitrogen and oxygen atoms in total. The molecule has 2 heterocycles. The first-order valence-electron chi connectivity index (χ1n) is 17.5. The molecule has 0 radical (unpaired) electrons. The number of rotatable bonds is 28. The number of hydrogen-bond donors (Lipinski definition) is 0. The van der Waals surface area contributed by atoms with Gasteiger partial charge in [-0.1, -0.05) is 99.1 Å². The lowest BCUT2D eigenvalue weighted by molar-refractivity contribution is -0.531. The van der Waals surface area contributed by atoms with Crippen LogP contribution in [0, 0.1) is 5.21 Å². The van der Waals surface area contributed by atoms with Crippen LogP contribution in [0.4, 0.5) is 0 Å². The standard InChI is InChI=1S/C38H60N4O/c43-42(34-24-20-16-12-8-4-2-6-10-14-18-22-28-38-30-26-32-40-36-38)41-33-23-19-15-11-7-3-1-5-9-13-17-21-27-37-29-25-31-39-35-37/h5,9,14,18,25-26,29-32,35-36H,1-4,6-8,10-13,15-17,19-24,27-28,33-34H2. The maximum absolute atomic E-state index is 11.9. The van der Waals surface area contributed by atoms with Gasteiger partial charge in [0.25, 0.3) is 0 Å². The summed E-state index contributed by atoms with van der Waals surface area (Å²) in [7, 11) is 0. The van der Waals surface area contributed by atoms with E-state index in [1.807, 2.05) is 36.9 Å². The van der Waals surface area contributed by atoms with E-state index >= 15 is 0 Å². The maximum Gasteiger partial charge on any atom is 0.180 e. The molecule has 0 bridgehead atoms. The summed E-state index contributed by atoms with van der Waals surface area (Å²) >= 11 is 0. The van der Waals surface area contributed by atoms with Crippen LogP contribution in [0.2, 0.25) is 0 Å². The van der Waals surface area contributed by atoms with Gasteiger partial charge in [-0.25, -0.2) is 0 Å². The topological polar surface area (TPSA) is 64.2 Å². The summed E-state index contributed by atoms with van der Waals surface area (Å²) in [4.78, 5) is 9.28. The Bertz CT molecular complexity index is 958. The smallest absolute Gasteiger partial charge is 0.180 e. The molecule has 0 fully saturated rings.